The van der Waals surface area contributed by atoms with Crippen LogP contribution in [0.25, 0.3) is 0 Å². The van der Waals surface area contributed by atoms with Crippen molar-refractivity contribution in [3.8, 4) is 0 Å². The van der Waals surface area contributed by atoms with Gasteiger partial charge in [0.1, 0.15) is 5.82 Å². The SMILES string of the molecule is Cc1ccc(F)cc1C(N)c1cc(I)ccc1Br. The Bertz CT molecular complexity index is 535. The second-order valence-electron chi connectivity index (χ2n) is 4.14. The molecule has 1 atom stereocenters. The van der Waals surface area contributed by atoms with Crippen molar-refractivity contribution in [3.05, 3.63) is 66.9 Å². The van der Waals surface area contributed by atoms with E-state index in [1.54, 1.807) is 6.07 Å². The quantitative estimate of drug-likeness (QED) is 0.710. The molecule has 0 saturated heterocycles. The molecule has 2 N–H and O–H groups in total. The van der Waals surface area contributed by atoms with Crippen LogP contribution in [0.5, 0.6) is 0 Å². The van der Waals surface area contributed by atoms with Crippen molar-refractivity contribution in [1.29, 1.82) is 0 Å². The third-order valence-electron chi connectivity index (χ3n) is 2.87. The van der Waals surface area contributed by atoms with Gasteiger partial charge in [0.05, 0.1) is 6.04 Å². The monoisotopic (exact) mass is 419 g/mol. The normalized spacial score (nSPS) is 12.5. The Labute approximate surface area is 128 Å². The molecule has 2 aromatic carbocycles. The summed E-state index contributed by atoms with van der Waals surface area (Å²) in [7, 11) is 0. The van der Waals surface area contributed by atoms with Gasteiger partial charge in [-0.15, -0.1) is 0 Å². The highest BCUT2D eigenvalue weighted by molar-refractivity contribution is 14.1. The lowest BCUT2D eigenvalue weighted by Crippen LogP contribution is -2.14. The topological polar surface area (TPSA) is 26.0 Å². The van der Waals surface area contributed by atoms with Crippen LogP contribution in [-0.4, -0.2) is 0 Å². The molecule has 0 saturated carbocycles. The molecule has 0 bridgehead atoms. The first-order valence-electron chi connectivity index (χ1n) is 5.45. The fourth-order valence-electron chi connectivity index (χ4n) is 1.87. The number of aryl methyl sites for hydroxylation is 1. The molecule has 94 valence electrons. The Hall–Kier alpha value is -0.460. The van der Waals surface area contributed by atoms with Crippen LogP contribution in [-0.2, 0) is 0 Å². The lowest BCUT2D eigenvalue weighted by molar-refractivity contribution is 0.622. The summed E-state index contributed by atoms with van der Waals surface area (Å²) in [4.78, 5) is 0. The number of benzene rings is 2. The maximum atomic E-state index is 13.3. The highest BCUT2D eigenvalue weighted by Gasteiger charge is 2.15. The number of rotatable bonds is 2. The molecule has 0 aromatic heterocycles. The van der Waals surface area contributed by atoms with Gasteiger partial charge in [0, 0.05) is 8.04 Å². The van der Waals surface area contributed by atoms with E-state index in [-0.39, 0.29) is 11.9 Å². The van der Waals surface area contributed by atoms with Crippen LogP contribution in [0.3, 0.4) is 0 Å². The molecule has 0 aliphatic heterocycles. The summed E-state index contributed by atoms with van der Waals surface area (Å²) >= 11 is 5.73. The molecule has 0 amide bonds. The zero-order valence-electron chi connectivity index (χ0n) is 9.75. The number of hydrogen-bond donors (Lipinski definition) is 1. The van der Waals surface area contributed by atoms with Crippen LogP contribution in [0.2, 0.25) is 0 Å². The average Bonchev–Trinajstić information content (AvgIpc) is 2.34. The number of halogens is 3. The molecule has 0 heterocycles. The predicted octanol–water partition coefficient (Wildman–Crippen LogP) is 4.55. The molecule has 0 aliphatic rings. The minimum atomic E-state index is -0.329. The third kappa shape index (κ3) is 2.92. The first-order valence-corrected chi connectivity index (χ1v) is 7.33. The predicted molar refractivity (Wildman–Crippen MR) is 84.0 cm³/mol. The van der Waals surface area contributed by atoms with Crippen molar-refractivity contribution in [2.24, 2.45) is 5.73 Å². The summed E-state index contributed by atoms with van der Waals surface area (Å²) in [6, 6.07) is 10.4. The van der Waals surface area contributed by atoms with Gasteiger partial charge >= 0.3 is 0 Å². The van der Waals surface area contributed by atoms with Crippen LogP contribution in [0.15, 0.2) is 40.9 Å². The van der Waals surface area contributed by atoms with Crippen molar-refractivity contribution in [2.45, 2.75) is 13.0 Å². The van der Waals surface area contributed by atoms with Gasteiger partial charge in [0.15, 0.2) is 0 Å². The van der Waals surface area contributed by atoms with Gasteiger partial charge < -0.3 is 5.73 Å². The first kappa shape index (κ1) is 14.0. The number of hydrogen-bond acceptors (Lipinski definition) is 1. The summed E-state index contributed by atoms with van der Waals surface area (Å²) in [6.07, 6.45) is 0. The van der Waals surface area contributed by atoms with Gasteiger partial charge in [-0.25, -0.2) is 4.39 Å². The number of nitrogens with two attached hydrogens (primary N) is 1. The summed E-state index contributed by atoms with van der Waals surface area (Å²) in [5, 5.41) is 0. The molecule has 0 spiro atoms. The van der Waals surface area contributed by atoms with E-state index in [0.29, 0.717) is 0 Å². The van der Waals surface area contributed by atoms with Crippen molar-refractivity contribution in [3.63, 3.8) is 0 Å². The van der Waals surface area contributed by atoms with E-state index < -0.39 is 0 Å². The fraction of sp³-hybridized carbons (Fsp3) is 0.143. The fourth-order valence-corrected chi connectivity index (χ4v) is 2.88. The second-order valence-corrected chi connectivity index (χ2v) is 6.24. The Morgan fingerprint density at radius 3 is 2.61 bits per heavy atom. The van der Waals surface area contributed by atoms with Gasteiger partial charge in [-0.05, 0) is 76.5 Å². The first-order chi connectivity index (χ1) is 8.49. The maximum Gasteiger partial charge on any atom is 0.123 e. The molecule has 1 unspecified atom stereocenters. The molecule has 0 radical (unpaired) electrons. The Balaban J connectivity index is 2.50. The van der Waals surface area contributed by atoms with Gasteiger partial charge in [0.25, 0.3) is 0 Å². The van der Waals surface area contributed by atoms with Crippen molar-refractivity contribution in [2.75, 3.05) is 0 Å². The summed E-state index contributed by atoms with van der Waals surface area (Å²) in [5.41, 5.74) is 9.04. The lowest BCUT2D eigenvalue weighted by Gasteiger charge is -2.17. The lowest BCUT2D eigenvalue weighted by atomic mass is 9.96. The van der Waals surface area contributed by atoms with Gasteiger partial charge in [-0.1, -0.05) is 22.0 Å². The zero-order valence-corrected chi connectivity index (χ0v) is 13.5. The molecule has 0 fully saturated rings. The van der Waals surface area contributed by atoms with Crippen LogP contribution in [0.4, 0.5) is 4.39 Å². The van der Waals surface area contributed by atoms with Crippen LogP contribution < -0.4 is 5.73 Å². The van der Waals surface area contributed by atoms with Gasteiger partial charge in [-0.3, -0.25) is 0 Å². The highest BCUT2D eigenvalue weighted by Crippen LogP contribution is 2.30. The van der Waals surface area contributed by atoms with Crippen LogP contribution in [0.1, 0.15) is 22.7 Å². The third-order valence-corrected chi connectivity index (χ3v) is 4.26. The molecular formula is C14H12BrFIN. The van der Waals surface area contributed by atoms with E-state index in [2.05, 4.69) is 38.5 Å². The van der Waals surface area contributed by atoms with E-state index in [1.807, 2.05) is 25.1 Å². The molecule has 18 heavy (non-hydrogen) atoms. The maximum absolute atomic E-state index is 13.3. The van der Waals surface area contributed by atoms with Crippen molar-refractivity contribution >= 4 is 38.5 Å². The zero-order chi connectivity index (χ0) is 13.3. The van der Waals surface area contributed by atoms with E-state index in [4.69, 9.17) is 5.73 Å². The van der Waals surface area contributed by atoms with E-state index in [0.717, 1.165) is 24.7 Å². The standard InChI is InChI=1S/C14H12BrFIN/c1-8-2-3-9(16)6-11(8)14(18)12-7-10(17)4-5-13(12)15/h2-7,14H,18H2,1H3. The minimum absolute atomic E-state index is 0.257. The minimum Gasteiger partial charge on any atom is -0.320 e. The van der Waals surface area contributed by atoms with E-state index in [1.165, 1.54) is 12.1 Å². The van der Waals surface area contributed by atoms with Crippen LogP contribution >= 0.6 is 38.5 Å². The highest BCUT2D eigenvalue weighted by atomic mass is 127. The van der Waals surface area contributed by atoms with Crippen molar-refractivity contribution in [1.82, 2.24) is 0 Å². The smallest absolute Gasteiger partial charge is 0.123 e. The molecule has 2 rings (SSSR count). The summed E-state index contributed by atoms with van der Waals surface area (Å²) < 4.78 is 15.4. The summed E-state index contributed by atoms with van der Waals surface area (Å²) in [5.74, 6) is -0.257. The van der Waals surface area contributed by atoms with Gasteiger partial charge in [-0.2, -0.15) is 0 Å². The Kier molecular flexibility index (Phi) is 4.40. The molecule has 2 aromatic rings. The molecule has 4 heteroatoms. The Morgan fingerprint density at radius 2 is 1.89 bits per heavy atom. The molecule has 0 aliphatic carbocycles. The largest absolute Gasteiger partial charge is 0.320 e. The average molecular weight is 420 g/mol. The molecule has 1 nitrogen and oxygen atoms in total. The van der Waals surface area contributed by atoms with Crippen LogP contribution in [0, 0.1) is 16.3 Å². The molecular weight excluding hydrogens is 408 g/mol. The summed E-state index contributed by atoms with van der Waals surface area (Å²) in [6.45, 7) is 1.94. The van der Waals surface area contributed by atoms with Crippen molar-refractivity contribution < 1.29 is 4.39 Å². The second kappa shape index (κ2) is 5.67. The van der Waals surface area contributed by atoms with E-state index in [9.17, 15) is 4.39 Å². The van der Waals surface area contributed by atoms with E-state index >= 15 is 0 Å². The Morgan fingerprint density at radius 1 is 1.17 bits per heavy atom. The van der Waals surface area contributed by atoms with Gasteiger partial charge in [0.2, 0.25) is 0 Å².